The van der Waals surface area contributed by atoms with Gasteiger partial charge in [-0.05, 0) is 116 Å². The van der Waals surface area contributed by atoms with Crippen LogP contribution in [0.2, 0.25) is 0 Å². The standard InChI is InChI=1S/C53H34N2/c1-4-16-35(17-5-1)36-18-14-23-40(32-36)55-48-29-15-28-46-51(48)52-49(55)31-30-37-33-41(54(38-19-6-2-7-20-38)39-21-8-3-9-22-39)34-47(50(37)52)53(46)44-26-12-10-24-42(44)43-25-11-13-27-45(43)53/h1-34H. The summed E-state index contributed by atoms with van der Waals surface area (Å²) in [5, 5.41) is 5.23. The molecule has 0 unspecified atom stereocenters. The van der Waals surface area contributed by atoms with Gasteiger partial charge < -0.3 is 9.47 Å². The lowest BCUT2D eigenvalue weighted by Crippen LogP contribution is -2.31. The molecule has 0 saturated heterocycles. The Morgan fingerprint density at radius 3 is 1.60 bits per heavy atom. The molecule has 1 spiro atoms. The Hall–Kier alpha value is -7.16. The van der Waals surface area contributed by atoms with E-state index < -0.39 is 5.41 Å². The van der Waals surface area contributed by atoms with E-state index in [0.29, 0.717) is 0 Å². The molecule has 12 rings (SSSR count). The molecular formula is C53H34N2. The number of nitrogens with zero attached hydrogens (tertiary/aromatic N) is 2. The summed E-state index contributed by atoms with van der Waals surface area (Å²) in [5.74, 6) is 0. The zero-order chi connectivity index (χ0) is 36.1. The van der Waals surface area contributed by atoms with E-state index >= 15 is 0 Å². The maximum Gasteiger partial charge on any atom is 0.0727 e. The second-order valence-corrected chi connectivity index (χ2v) is 14.9. The van der Waals surface area contributed by atoms with E-state index in [1.54, 1.807) is 0 Å². The van der Waals surface area contributed by atoms with Gasteiger partial charge in [-0.25, -0.2) is 0 Å². The first-order chi connectivity index (χ1) is 27.3. The van der Waals surface area contributed by atoms with Crippen molar-refractivity contribution in [1.82, 2.24) is 4.57 Å². The van der Waals surface area contributed by atoms with Crippen LogP contribution < -0.4 is 4.90 Å². The lowest BCUT2D eigenvalue weighted by molar-refractivity contribution is 0.783. The molecular weight excluding hydrogens is 665 g/mol. The minimum absolute atomic E-state index is 0.528. The van der Waals surface area contributed by atoms with E-state index in [9.17, 15) is 0 Å². The van der Waals surface area contributed by atoms with Crippen molar-refractivity contribution in [2.75, 3.05) is 4.90 Å². The van der Waals surface area contributed by atoms with Crippen LogP contribution in [-0.2, 0) is 5.41 Å². The van der Waals surface area contributed by atoms with Crippen molar-refractivity contribution in [2.45, 2.75) is 5.41 Å². The van der Waals surface area contributed by atoms with Crippen LogP contribution in [0.3, 0.4) is 0 Å². The first-order valence-electron chi connectivity index (χ1n) is 19.1. The van der Waals surface area contributed by atoms with Gasteiger partial charge in [0.05, 0.1) is 16.4 Å². The molecule has 1 heterocycles. The van der Waals surface area contributed by atoms with Crippen LogP contribution in [0.5, 0.6) is 0 Å². The molecule has 2 aliphatic carbocycles. The number of anilines is 3. The molecule has 2 heteroatoms. The third-order valence-electron chi connectivity index (χ3n) is 12.1. The van der Waals surface area contributed by atoms with E-state index in [1.807, 2.05) is 0 Å². The lowest BCUT2D eigenvalue weighted by Gasteiger charge is -2.39. The van der Waals surface area contributed by atoms with Crippen LogP contribution in [0.25, 0.3) is 60.5 Å². The van der Waals surface area contributed by atoms with Crippen LogP contribution >= 0.6 is 0 Å². The highest BCUT2D eigenvalue weighted by atomic mass is 15.1. The SMILES string of the molecule is c1ccc(-c2cccc(-n3c4cccc5c4c4c6c(cc(N(c7ccccc7)c7ccccc7)cc6ccc43)C53c4ccccc4-c4ccccc43)c2)cc1. The number of aromatic nitrogens is 1. The molecule has 1 aromatic heterocycles. The van der Waals surface area contributed by atoms with Gasteiger partial charge in [0.1, 0.15) is 0 Å². The van der Waals surface area contributed by atoms with Crippen LogP contribution in [0, 0.1) is 0 Å². The van der Waals surface area contributed by atoms with E-state index in [2.05, 4.69) is 216 Å². The van der Waals surface area contributed by atoms with Crippen molar-refractivity contribution in [1.29, 1.82) is 0 Å². The average Bonchev–Trinajstić information content (AvgIpc) is 3.75. The van der Waals surface area contributed by atoms with E-state index in [4.69, 9.17) is 0 Å². The highest BCUT2D eigenvalue weighted by Gasteiger charge is 2.50. The van der Waals surface area contributed by atoms with Gasteiger partial charge in [-0.3, -0.25) is 0 Å². The highest BCUT2D eigenvalue weighted by Crippen LogP contribution is 2.62. The average molecular weight is 699 g/mol. The summed E-state index contributed by atoms with van der Waals surface area (Å²) in [5.41, 5.74) is 16.9. The molecule has 256 valence electrons. The van der Waals surface area contributed by atoms with Gasteiger partial charge >= 0.3 is 0 Å². The molecule has 0 aliphatic heterocycles. The normalized spacial score (nSPS) is 13.2. The van der Waals surface area contributed by atoms with Crippen molar-refractivity contribution in [3.63, 3.8) is 0 Å². The fourth-order valence-electron chi connectivity index (χ4n) is 10.0. The summed E-state index contributed by atoms with van der Waals surface area (Å²) >= 11 is 0. The van der Waals surface area contributed by atoms with Gasteiger partial charge in [-0.15, -0.1) is 0 Å². The highest BCUT2D eigenvalue weighted by molar-refractivity contribution is 6.27. The van der Waals surface area contributed by atoms with Crippen molar-refractivity contribution < 1.29 is 0 Å². The number of hydrogen-bond acceptors (Lipinski definition) is 1. The van der Waals surface area contributed by atoms with Crippen molar-refractivity contribution >= 4 is 49.6 Å². The van der Waals surface area contributed by atoms with E-state index in [1.165, 1.54) is 82.8 Å². The molecule has 0 N–H and O–H groups in total. The predicted molar refractivity (Wildman–Crippen MR) is 229 cm³/mol. The summed E-state index contributed by atoms with van der Waals surface area (Å²) in [6.45, 7) is 0. The zero-order valence-electron chi connectivity index (χ0n) is 30.0. The Labute approximate surface area is 319 Å². The summed E-state index contributed by atoms with van der Waals surface area (Å²) in [7, 11) is 0. The summed E-state index contributed by atoms with van der Waals surface area (Å²) < 4.78 is 2.50. The molecule has 2 aliphatic rings. The number of benzene rings is 9. The van der Waals surface area contributed by atoms with E-state index in [-0.39, 0.29) is 0 Å². The smallest absolute Gasteiger partial charge is 0.0727 e. The van der Waals surface area contributed by atoms with Crippen LogP contribution in [0.15, 0.2) is 206 Å². The van der Waals surface area contributed by atoms with Gasteiger partial charge in [0.25, 0.3) is 0 Å². The van der Waals surface area contributed by atoms with E-state index in [0.717, 1.165) is 17.1 Å². The molecule has 9 aromatic carbocycles. The topological polar surface area (TPSA) is 8.17 Å². The first-order valence-corrected chi connectivity index (χ1v) is 19.1. The Morgan fingerprint density at radius 1 is 0.345 bits per heavy atom. The van der Waals surface area contributed by atoms with Gasteiger partial charge in [0, 0.05) is 33.5 Å². The second-order valence-electron chi connectivity index (χ2n) is 14.9. The van der Waals surface area contributed by atoms with Crippen molar-refractivity contribution in [2.24, 2.45) is 0 Å². The molecule has 2 nitrogen and oxygen atoms in total. The maximum absolute atomic E-state index is 2.51. The molecule has 10 aromatic rings. The van der Waals surface area contributed by atoms with Gasteiger partial charge in [0.2, 0.25) is 0 Å². The largest absolute Gasteiger partial charge is 0.310 e. The molecule has 0 amide bonds. The third kappa shape index (κ3) is 4.08. The number of fused-ring (bicyclic) bond motifs is 7. The molecule has 0 radical (unpaired) electrons. The fraction of sp³-hybridized carbons (Fsp3) is 0.0189. The zero-order valence-corrected chi connectivity index (χ0v) is 30.0. The van der Waals surface area contributed by atoms with Crippen LogP contribution in [-0.4, -0.2) is 4.57 Å². The quantitative estimate of drug-likeness (QED) is 0.174. The number of rotatable bonds is 5. The summed E-state index contributed by atoms with van der Waals surface area (Å²) in [6, 6.07) is 76.2. The van der Waals surface area contributed by atoms with Crippen LogP contribution in [0.4, 0.5) is 17.1 Å². The summed E-state index contributed by atoms with van der Waals surface area (Å²) in [4.78, 5) is 2.41. The van der Waals surface area contributed by atoms with Crippen molar-refractivity contribution in [3.8, 4) is 27.9 Å². The molecule has 55 heavy (non-hydrogen) atoms. The molecule has 0 saturated carbocycles. The second kappa shape index (κ2) is 11.4. The Morgan fingerprint density at radius 2 is 0.909 bits per heavy atom. The Balaban J connectivity index is 1.25. The Bertz CT molecular complexity index is 3050. The predicted octanol–water partition coefficient (Wildman–Crippen LogP) is 13.8. The van der Waals surface area contributed by atoms with Gasteiger partial charge in [0.15, 0.2) is 0 Å². The molecule has 0 atom stereocenters. The van der Waals surface area contributed by atoms with Gasteiger partial charge in [-0.2, -0.15) is 0 Å². The first kappa shape index (κ1) is 30.3. The fourth-order valence-corrected chi connectivity index (χ4v) is 10.0. The minimum atomic E-state index is -0.528. The van der Waals surface area contributed by atoms with Crippen molar-refractivity contribution in [3.05, 3.63) is 229 Å². The lowest BCUT2D eigenvalue weighted by atomic mass is 9.63. The molecule has 0 fully saturated rings. The van der Waals surface area contributed by atoms with Gasteiger partial charge in [-0.1, -0.05) is 146 Å². The summed E-state index contributed by atoms with van der Waals surface area (Å²) in [6.07, 6.45) is 0. The Kier molecular flexibility index (Phi) is 6.29. The maximum atomic E-state index is 2.51. The van der Waals surface area contributed by atoms with Crippen LogP contribution in [0.1, 0.15) is 22.3 Å². The number of hydrogen-bond donors (Lipinski definition) is 0. The monoisotopic (exact) mass is 698 g/mol. The third-order valence-corrected chi connectivity index (χ3v) is 12.1. The number of para-hydroxylation sites is 2. The minimum Gasteiger partial charge on any atom is -0.310 e. The molecule has 0 bridgehead atoms.